The smallest absolute Gasteiger partial charge is 0.323 e. The number of rotatable bonds is 5. The summed E-state index contributed by atoms with van der Waals surface area (Å²) in [5, 5.41) is 10.7. The van der Waals surface area contributed by atoms with Crippen molar-refractivity contribution in [2.24, 2.45) is 0 Å². The number of ether oxygens (including phenoxy) is 1. The van der Waals surface area contributed by atoms with Crippen LogP contribution in [0.2, 0.25) is 5.02 Å². The zero-order chi connectivity index (χ0) is 19.0. The Kier molecular flexibility index (Phi) is 4.92. The molecule has 0 atom stereocenters. The first-order valence-corrected chi connectivity index (χ1v) is 8.86. The molecule has 0 aliphatic carbocycles. The van der Waals surface area contributed by atoms with Crippen LogP contribution in [0, 0.1) is 0 Å². The van der Waals surface area contributed by atoms with Crippen molar-refractivity contribution >= 4 is 39.4 Å². The van der Waals surface area contributed by atoms with E-state index in [0.717, 1.165) is 5.56 Å². The molecule has 1 heterocycles. The molecule has 0 unspecified atom stereocenters. The lowest BCUT2D eigenvalue weighted by Gasteiger charge is -2.18. The lowest BCUT2D eigenvalue weighted by molar-refractivity contribution is -0.137. The number of carboxylic acid groups (broad SMARTS) is 1. The molecule has 0 radical (unpaired) electrons. The monoisotopic (exact) mass is 373 g/mol. The van der Waals surface area contributed by atoms with Crippen molar-refractivity contribution in [1.82, 2.24) is 4.57 Å². The fourth-order valence-corrected chi connectivity index (χ4v) is 3.37. The van der Waals surface area contributed by atoms with Gasteiger partial charge in [0.05, 0.1) is 28.0 Å². The van der Waals surface area contributed by atoms with Crippen molar-refractivity contribution in [3.05, 3.63) is 51.1 Å². The molecule has 0 bridgehead atoms. The predicted molar refractivity (Wildman–Crippen MR) is 104 cm³/mol. The maximum atomic E-state index is 13.0. The van der Waals surface area contributed by atoms with E-state index in [0.29, 0.717) is 39.2 Å². The molecule has 26 heavy (non-hydrogen) atoms. The minimum absolute atomic E-state index is 0.162. The van der Waals surface area contributed by atoms with Crippen molar-refractivity contribution in [2.75, 3.05) is 6.61 Å². The summed E-state index contributed by atoms with van der Waals surface area (Å²) in [6.07, 6.45) is 0. The minimum Gasteiger partial charge on any atom is -0.490 e. The van der Waals surface area contributed by atoms with E-state index in [1.807, 2.05) is 32.9 Å². The van der Waals surface area contributed by atoms with Gasteiger partial charge in [-0.25, -0.2) is 0 Å². The van der Waals surface area contributed by atoms with Gasteiger partial charge in [-0.2, -0.15) is 0 Å². The number of hydrogen-bond donors (Lipinski definition) is 1. The lowest BCUT2D eigenvalue weighted by Crippen LogP contribution is -2.17. The zero-order valence-corrected chi connectivity index (χ0v) is 15.6. The molecule has 2 aromatic carbocycles. The molecular weight excluding hydrogens is 354 g/mol. The number of carboxylic acids is 1. The van der Waals surface area contributed by atoms with Crippen LogP contribution in [0.3, 0.4) is 0 Å². The molecule has 1 N–H and O–H groups in total. The summed E-state index contributed by atoms with van der Waals surface area (Å²) in [6.45, 7) is 5.96. The Morgan fingerprint density at radius 3 is 2.54 bits per heavy atom. The fraction of sp³-hybridized carbons (Fsp3) is 0.300. The van der Waals surface area contributed by atoms with Crippen molar-refractivity contribution in [1.29, 1.82) is 0 Å². The van der Waals surface area contributed by atoms with Gasteiger partial charge in [-0.1, -0.05) is 31.5 Å². The van der Waals surface area contributed by atoms with E-state index < -0.39 is 5.97 Å². The lowest BCUT2D eigenvalue weighted by atomic mass is 10.00. The zero-order valence-electron chi connectivity index (χ0n) is 14.9. The van der Waals surface area contributed by atoms with Crippen LogP contribution in [0.15, 0.2) is 35.1 Å². The maximum Gasteiger partial charge on any atom is 0.323 e. The Balaban J connectivity index is 2.56. The van der Waals surface area contributed by atoms with E-state index in [-0.39, 0.29) is 17.9 Å². The number of benzene rings is 2. The maximum absolute atomic E-state index is 13.0. The molecular formula is C20H20ClNO4. The molecule has 1 aromatic heterocycles. The summed E-state index contributed by atoms with van der Waals surface area (Å²) < 4.78 is 7.28. The molecule has 3 rings (SSSR count). The SMILES string of the molecule is CCOc1c(Cl)ccc2c(=O)c3ccc(C(C)C)cc3n(CC(=O)O)c12. The molecule has 136 valence electrons. The van der Waals surface area contributed by atoms with Crippen molar-refractivity contribution in [3.63, 3.8) is 0 Å². The predicted octanol–water partition coefficient (Wildman–Crippen LogP) is 4.41. The first kappa shape index (κ1) is 18.3. The second kappa shape index (κ2) is 7.00. The summed E-state index contributed by atoms with van der Waals surface area (Å²) in [4.78, 5) is 24.6. The Labute approximate surface area is 155 Å². The molecule has 0 aliphatic rings. The highest BCUT2D eigenvalue weighted by Gasteiger charge is 2.19. The van der Waals surface area contributed by atoms with Gasteiger partial charge in [0.1, 0.15) is 6.54 Å². The summed E-state index contributed by atoms with van der Waals surface area (Å²) in [5.74, 6) is -0.426. The molecule has 0 aliphatic heterocycles. The molecule has 6 heteroatoms. The van der Waals surface area contributed by atoms with Crippen LogP contribution in [0.5, 0.6) is 5.75 Å². The molecule has 0 amide bonds. The van der Waals surface area contributed by atoms with Crippen LogP contribution in [-0.4, -0.2) is 22.2 Å². The molecule has 3 aromatic rings. The van der Waals surface area contributed by atoms with E-state index in [1.165, 1.54) is 0 Å². The van der Waals surface area contributed by atoms with E-state index >= 15 is 0 Å². The average molecular weight is 374 g/mol. The summed E-state index contributed by atoms with van der Waals surface area (Å²) in [7, 11) is 0. The number of halogens is 1. The second-order valence-electron chi connectivity index (χ2n) is 6.45. The number of fused-ring (bicyclic) bond motifs is 2. The molecule has 5 nitrogen and oxygen atoms in total. The van der Waals surface area contributed by atoms with Gasteiger partial charge >= 0.3 is 5.97 Å². The number of nitrogens with zero attached hydrogens (tertiary/aromatic N) is 1. The highest BCUT2D eigenvalue weighted by molar-refractivity contribution is 6.33. The fourth-order valence-electron chi connectivity index (χ4n) is 3.17. The van der Waals surface area contributed by atoms with Crippen molar-refractivity contribution < 1.29 is 14.6 Å². The van der Waals surface area contributed by atoms with Crippen LogP contribution in [0.1, 0.15) is 32.3 Å². The first-order chi connectivity index (χ1) is 12.3. The van der Waals surface area contributed by atoms with Gasteiger partial charge in [-0.3, -0.25) is 9.59 Å². The third kappa shape index (κ3) is 3.03. The van der Waals surface area contributed by atoms with Crippen LogP contribution < -0.4 is 10.2 Å². The van der Waals surface area contributed by atoms with Crippen LogP contribution in [-0.2, 0) is 11.3 Å². The third-order valence-electron chi connectivity index (χ3n) is 4.40. The molecule has 0 spiro atoms. The number of carbonyl (C=O) groups is 1. The minimum atomic E-state index is -1.01. The Morgan fingerprint density at radius 2 is 1.92 bits per heavy atom. The summed E-state index contributed by atoms with van der Waals surface area (Å²) in [5.41, 5.74) is 1.85. The highest BCUT2D eigenvalue weighted by atomic mass is 35.5. The van der Waals surface area contributed by atoms with E-state index in [9.17, 15) is 14.7 Å². The Bertz CT molecular complexity index is 1070. The Hall–Kier alpha value is -2.53. The van der Waals surface area contributed by atoms with Crippen LogP contribution >= 0.6 is 11.6 Å². The van der Waals surface area contributed by atoms with Gasteiger partial charge in [0.2, 0.25) is 0 Å². The van der Waals surface area contributed by atoms with Crippen LogP contribution in [0.25, 0.3) is 21.8 Å². The standard InChI is InChI=1S/C20H20ClNO4/c1-4-26-20-15(21)8-7-14-18(20)22(10-17(23)24)16-9-12(11(2)3)5-6-13(16)19(14)25/h5-9,11H,4,10H2,1-3H3,(H,23,24). The number of aromatic nitrogens is 1. The number of pyridine rings is 1. The van der Waals surface area contributed by atoms with Crippen molar-refractivity contribution in [3.8, 4) is 5.75 Å². The van der Waals surface area contributed by atoms with Gasteiger partial charge in [-0.05, 0) is 42.7 Å². The van der Waals surface area contributed by atoms with E-state index in [2.05, 4.69) is 0 Å². The van der Waals surface area contributed by atoms with E-state index in [4.69, 9.17) is 16.3 Å². The van der Waals surface area contributed by atoms with Gasteiger partial charge in [0.15, 0.2) is 11.2 Å². The Morgan fingerprint density at radius 1 is 1.23 bits per heavy atom. The normalized spacial score (nSPS) is 11.4. The van der Waals surface area contributed by atoms with Gasteiger partial charge in [-0.15, -0.1) is 0 Å². The van der Waals surface area contributed by atoms with Gasteiger partial charge < -0.3 is 14.4 Å². The molecule has 0 saturated carbocycles. The summed E-state index contributed by atoms with van der Waals surface area (Å²) >= 11 is 6.29. The van der Waals surface area contributed by atoms with E-state index in [1.54, 1.807) is 22.8 Å². The van der Waals surface area contributed by atoms with Crippen molar-refractivity contribution in [2.45, 2.75) is 33.2 Å². The first-order valence-electron chi connectivity index (χ1n) is 8.48. The third-order valence-corrected chi connectivity index (χ3v) is 4.70. The quantitative estimate of drug-likeness (QED) is 0.672. The number of aliphatic carboxylic acids is 1. The van der Waals surface area contributed by atoms with Crippen LogP contribution in [0.4, 0.5) is 0 Å². The highest BCUT2D eigenvalue weighted by Crippen LogP contribution is 2.35. The number of hydrogen-bond acceptors (Lipinski definition) is 3. The average Bonchev–Trinajstić information content (AvgIpc) is 2.59. The molecule has 0 fully saturated rings. The van der Waals surface area contributed by atoms with Gasteiger partial charge in [0.25, 0.3) is 0 Å². The second-order valence-corrected chi connectivity index (χ2v) is 6.85. The van der Waals surface area contributed by atoms with Gasteiger partial charge in [0, 0.05) is 5.39 Å². The largest absolute Gasteiger partial charge is 0.490 e. The topological polar surface area (TPSA) is 68.5 Å². The molecule has 0 saturated heterocycles. The summed E-state index contributed by atoms with van der Waals surface area (Å²) in [6, 6.07) is 8.78.